The van der Waals surface area contributed by atoms with Crippen molar-refractivity contribution in [3.05, 3.63) is 64.2 Å². The number of anilines is 1. The normalized spacial score (nSPS) is 17.0. The van der Waals surface area contributed by atoms with E-state index in [1.54, 1.807) is 13.0 Å². The molecule has 0 radical (unpaired) electrons. The molecule has 12 heteroatoms. The third kappa shape index (κ3) is 6.68. The van der Waals surface area contributed by atoms with E-state index in [-0.39, 0.29) is 5.91 Å². The maximum atomic E-state index is 12.9. The van der Waals surface area contributed by atoms with E-state index in [4.69, 9.17) is 16.3 Å². The van der Waals surface area contributed by atoms with Crippen molar-refractivity contribution in [2.45, 2.75) is 20.0 Å². The Bertz CT molecular complexity index is 1230. The fourth-order valence-electron chi connectivity index (χ4n) is 4.42. The van der Waals surface area contributed by atoms with Gasteiger partial charge in [-0.25, -0.2) is 9.97 Å². The van der Waals surface area contributed by atoms with E-state index < -0.39 is 0 Å². The second-order valence-corrected chi connectivity index (χ2v) is 9.57. The highest BCUT2D eigenvalue weighted by Gasteiger charge is 2.20. The highest BCUT2D eigenvalue weighted by atomic mass is 35.5. The first-order valence-electron chi connectivity index (χ1n) is 12.4. The van der Waals surface area contributed by atoms with Crippen molar-refractivity contribution < 1.29 is 9.53 Å². The summed E-state index contributed by atoms with van der Waals surface area (Å²) in [5.41, 5.74) is 2.89. The van der Waals surface area contributed by atoms with Crippen molar-refractivity contribution in [2.24, 2.45) is 0 Å². The van der Waals surface area contributed by atoms with Crippen LogP contribution in [0.2, 0.25) is 5.02 Å². The molecule has 194 valence electrons. The molecule has 0 bridgehead atoms. The molecule has 1 aromatic carbocycles. The Kier molecular flexibility index (Phi) is 8.02. The van der Waals surface area contributed by atoms with Crippen molar-refractivity contribution in [2.75, 3.05) is 57.4 Å². The first-order chi connectivity index (χ1) is 18.0. The van der Waals surface area contributed by atoms with Gasteiger partial charge in [0.25, 0.3) is 0 Å². The van der Waals surface area contributed by atoms with E-state index in [1.165, 1.54) is 4.80 Å². The Hall–Kier alpha value is -3.41. The Balaban J connectivity index is 1.13. The van der Waals surface area contributed by atoms with Crippen LogP contribution in [-0.4, -0.2) is 98.4 Å². The summed E-state index contributed by atoms with van der Waals surface area (Å²) in [5.74, 6) is 1.35. The number of piperazine rings is 1. The number of carbonyl (C=O) groups is 1. The lowest BCUT2D eigenvalue weighted by Crippen LogP contribution is -2.47. The van der Waals surface area contributed by atoms with Gasteiger partial charge in [-0.15, -0.1) is 10.2 Å². The maximum Gasteiger partial charge on any atom is 0.246 e. The average Bonchev–Trinajstić information content (AvgIpc) is 3.33. The average molecular weight is 524 g/mol. The van der Waals surface area contributed by atoms with Crippen molar-refractivity contribution in [1.29, 1.82) is 0 Å². The molecule has 3 aromatic rings. The summed E-state index contributed by atoms with van der Waals surface area (Å²) < 4.78 is 5.39. The minimum absolute atomic E-state index is 0.00604. The van der Waals surface area contributed by atoms with Crippen LogP contribution in [0.5, 0.6) is 0 Å². The molecule has 0 unspecified atom stereocenters. The number of aryl methyl sites for hydroxylation is 1. The quantitative estimate of drug-likeness (QED) is 0.427. The lowest BCUT2D eigenvalue weighted by atomic mass is 10.1. The fraction of sp³-hybridized carbons (Fsp3) is 0.440. The molecule has 37 heavy (non-hydrogen) atoms. The molecule has 5 rings (SSSR count). The molecule has 0 N–H and O–H groups in total. The zero-order valence-corrected chi connectivity index (χ0v) is 21.6. The van der Waals surface area contributed by atoms with E-state index in [2.05, 4.69) is 35.2 Å². The lowest BCUT2D eigenvalue weighted by molar-refractivity contribution is -0.127. The van der Waals surface area contributed by atoms with E-state index in [9.17, 15) is 4.79 Å². The van der Waals surface area contributed by atoms with Crippen molar-refractivity contribution in [3.8, 4) is 0 Å². The summed E-state index contributed by atoms with van der Waals surface area (Å²) in [6.07, 6.45) is 7.26. The van der Waals surface area contributed by atoms with E-state index >= 15 is 0 Å². The smallest absolute Gasteiger partial charge is 0.246 e. The predicted octanol–water partition coefficient (Wildman–Crippen LogP) is 1.67. The van der Waals surface area contributed by atoms with Gasteiger partial charge >= 0.3 is 0 Å². The molecular formula is C25H30ClN9O2. The van der Waals surface area contributed by atoms with E-state index in [1.807, 2.05) is 41.6 Å². The molecular weight excluding hydrogens is 494 g/mol. The van der Waals surface area contributed by atoms with Gasteiger partial charge in [-0.2, -0.15) is 4.80 Å². The molecule has 2 saturated heterocycles. The van der Waals surface area contributed by atoms with Gasteiger partial charge < -0.3 is 14.5 Å². The Morgan fingerprint density at radius 3 is 2.51 bits per heavy atom. The molecule has 2 aliphatic heterocycles. The van der Waals surface area contributed by atoms with E-state index in [0.29, 0.717) is 43.7 Å². The number of morpholine rings is 1. The van der Waals surface area contributed by atoms with Crippen molar-refractivity contribution in [3.63, 3.8) is 0 Å². The monoisotopic (exact) mass is 523 g/mol. The third-order valence-electron chi connectivity index (χ3n) is 6.45. The number of aromatic nitrogens is 6. The molecule has 0 saturated carbocycles. The van der Waals surface area contributed by atoms with Crippen LogP contribution in [0, 0.1) is 6.92 Å². The largest absolute Gasteiger partial charge is 0.378 e. The highest BCUT2D eigenvalue weighted by molar-refractivity contribution is 6.30. The van der Waals surface area contributed by atoms with Crippen LogP contribution in [0.4, 0.5) is 5.95 Å². The number of amides is 1. The maximum absolute atomic E-state index is 12.9. The van der Waals surface area contributed by atoms with Gasteiger partial charge in [0, 0.05) is 74.9 Å². The SMILES string of the molecule is Cc1nnn(Cc2cc(Cl)ccc2C=CC(=O)N2CCN(Cc3cnc(N4CCOCC4)nc3)CC2)n1. The number of carbonyl (C=O) groups excluding carboxylic acids is 1. The van der Waals surface area contributed by atoms with E-state index in [0.717, 1.165) is 55.4 Å². The number of halogens is 1. The number of ether oxygens (including phenoxy) is 1. The van der Waals surface area contributed by atoms with Gasteiger partial charge in [-0.05, 0) is 41.5 Å². The van der Waals surface area contributed by atoms with Gasteiger partial charge in [0.15, 0.2) is 5.82 Å². The Morgan fingerprint density at radius 2 is 1.81 bits per heavy atom. The predicted molar refractivity (Wildman–Crippen MR) is 139 cm³/mol. The van der Waals surface area contributed by atoms with Crippen molar-refractivity contribution in [1.82, 2.24) is 40.0 Å². The zero-order chi connectivity index (χ0) is 25.6. The standard InChI is InChI=1S/C25H30ClN9O2/c1-19-29-31-35(30-19)18-22-14-23(26)4-2-21(22)3-5-24(36)33-8-6-32(7-9-33)17-20-15-27-25(28-16-20)34-10-12-37-13-11-34/h2-5,14-16H,6-13,17-18H2,1H3. The first kappa shape index (κ1) is 25.2. The Morgan fingerprint density at radius 1 is 1.05 bits per heavy atom. The van der Waals surface area contributed by atoms with Gasteiger partial charge in [0.05, 0.1) is 19.8 Å². The Labute approximate surface area is 220 Å². The summed E-state index contributed by atoms with van der Waals surface area (Å²) in [6.45, 7) is 8.99. The number of nitrogens with zero attached hydrogens (tertiary/aromatic N) is 9. The minimum Gasteiger partial charge on any atom is -0.378 e. The number of hydrogen-bond acceptors (Lipinski definition) is 9. The topological polar surface area (TPSA) is 105 Å². The summed E-state index contributed by atoms with van der Waals surface area (Å²) >= 11 is 6.20. The molecule has 2 fully saturated rings. The second-order valence-electron chi connectivity index (χ2n) is 9.14. The van der Waals surface area contributed by atoms with Crippen LogP contribution in [0.25, 0.3) is 6.08 Å². The van der Waals surface area contributed by atoms with Gasteiger partial charge in [-0.1, -0.05) is 17.7 Å². The number of benzene rings is 1. The molecule has 0 aliphatic carbocycles. The molecule has 2 aliphatic rings. The third-order valence-corrected chi connectivity index (χ3v) is 6.69. The highest BCUT2D eigenvalue weighted by Crippen LogP contribution is 2.19. The first-order valence-corrected chi connectivity index (χ1v) is 12.8. The van der Waals surface area contributed by atoms with Crippen LogP contribution in [0.15, 0.2) is 36.7 Å². The van der Waals surface area contributed by atoms with Crippen LogP contribution in [-0.2, 0) is 22.6 Å². The van der Waals surface area contributed by atoms with Crippen LogP contribution in [0.1, 0.15) is 22.5 Å². The van der Waals surface area contributed by atoms with Crippen LogP contribution >= 0.6 is 11.6 Å². The second kappa shape index (κ2) is 11.8. The van der Waals surface area contributed by atoms with Crippen molar-refractivity contribution >= 4 is 29.5 Å². The summed E-state index contributed by atoms with van der Waals surface area (Å²) in [4.78, 5) is 29.8. The molecule has 11 nitrogen and oxygen atoms in total. The number of rotatable bonds is 7. The summed E-state index contributed by atoms with van der Waals surface area (Å²) in [6, 6.07) is 5.57. The minimum atomic E-state index is -0.00604. The molecule has 0 spiro atoms. The number of tetrazole rings is 1. The van der Waals surface area contributed by atoms with Crippen LogP contribution in [0.3, 0.4) is 0 Å². The summed E-state index contributed by atoms with van der Waals surface area (Å²) in [7, 11) is 0. The van der Waals surface area contributed by atoms with Gasteiger partial charge in [0.1, 0.15) is 0 Å². The molecule has 0 atom stereocenters. The molecule has 4 heterocycles. The summed E-state index contributed by atoms with van der Waals surface area (Å²) in [5, 5.41) is 12.8. The molecule has 2 aromatic heterocycles. The zero-order valence-electron chi connectivity index (χ0n) is 20.8. The van der Waals surface area contributed by atoms with Gasteiger partial charge in [0.2, 0.25) is 11.9 Å². The van der Waals surface area contributed by atoms with Crippen LogP contribution < -0.4 is 4.90 Å². The fourth-order valence-corrected chi connectivity index (χ4v) is 4.62. The molecule has 1 amide bonds. The lowest BCUT2D eigenvalue weighted by Gasteiger charge is -2.34. The van der Waals surface area contributed by atoms with Gasteiger partial charge in [-0.3, -0.25) is 9.69 Å². The number of hydrogen-bond donors (Lipinski definition) is 0.